The molecule has 1 aliphatic rings. The van der Waals surface area contributed by atoms with Gasteiger partial charge in [-0.2, -0.15) is 0 Å². The first-order valence-electron chi connectivity index (χ1n) is 7.83. The number of nitrogens with zero attached hydrogens (tertiary/aromatic N) is 1. The van der Waals surface area contributed by atoms with Crippen LogP contribution in [0.2, 0.25) is 5.02 Å². The van der Waals surface area contributed by atoms with Crippen molar-refractivity contribution in [2.75, 3.05) is 14.1 Å². The summed E-state index contributed by atoms with van der Waals surface area (Å²) in [5.41, 5.74) is 3.14. The van der Waals surface area contributed by atoms with Gasteiger partial charge in [-0.15, -0.1) is 0 Å². The van der Waals surface area contributed by atoms with Gasteiger partial charge in [0.05, 0.1) is 5.02 Å². The van der Waals surface area contributed by atoms with Gasteiger partial charge in [0, 0.05) is 43.0 Å². The van der Waals surface area contributed by atoms with Crippen LogP contribution in [0, 0.1) is 17.7 Å². The van der Waals surface area contributed by atoms with E-state index < -0.39 is 5.82 Å². The van der Waals surface area contributed by atoms with Crippen LogP contribution in [-0.2, 0) is 0 Å². The molecular weight excluding hydrogens is 327 g/mol. The van der Waals surface area contributed by atoms with E-state index in [1.54, 1.807) is 0 Å². The summed E-state index contributed by atoms with van der Waals surface area (Å²) in [5.74, 6) is -0.838. The van der Waals surface area contributed by atoms with Crippen molar-refractivity contribution in [3.63, 3.8) is 0 Å². The molecule has 0 fully saturated rings. The van der Waals surface area contributed by atoms with Crippen LogP contribution < -0.4 is 5.32 Å². The van der Waals surface area contributed by atoms with Gasteiger partial charge >= 0.3 is 0 Å². The van der Waals surface area contributed by atoms with E-state index in [2.05, 4.69) is 37.4 Å². The normalized spacial score (nSPS) is 15.2. The lowest BCUT2D eigenvalue weighted by molar-refractivity contribution is 0.0965. The van der Waals surface area contributed by atoms with Crippen molar-refractivity contribution < 1.29 is 9.18 Å². The molecule has 2 rings (SSSR count). The van der Waals surface area contributed by atoms with Gasteiger partial charge < -0.3 is 10.2 Å². The molecule has 1 aromatic carbocycles. The molecule has 1 aliphatic carbocycles. The van der Waals surface area contributed by atoms with Crippen molar-refractivity contribution in [2.24, 2.45) is 5.41 Å². The molecule has 1 N–H and O–H groups in total. The van der Waals surface area contributed by atoms with Gasteiger partial charge in [0.15, 0.2) is 0 Å². The van der Waals surface area contributed by atoms with E-state index in [0.29, 0.717) is 5.56 Å². The number of nitrogens with one attached hydrogen (secondary N) is 1. The maximum atomic E-state index is 13.3. The van der Waals surface area contributed by atoms with Gasteiger partial charge in [-0.25, -0.2) is 4.39 Å². The number of amides is 1. The number of hydrogen-bond acceptors (Lipinski definition) is 2. The van der Waals surface area contributed by atoms with Crippen LogP contribution in [-0.4, -0.2) is 24.9 Å². The molecule has 0 spiro atoms. The number of rotatable bonds is 3. The lowest BCUT2D eigenvalue weighted by atomic mass is 9.79. The van der Waals surface area contributed by atoms with Crippen molar-refractivity contribution in [2.45, 2.75) is 27.2 Å². The summed E-state index contributed by atoms with van der Waals surface area (Å²) in [5, 5.41) is 2.90. The van der Waals surface area contributed by atoms with Crippen LogP contribution in [0.3, 0.4) is 0 Å². The number of allylic oxidation sites excluding steroid dienone is 3. The van der Waals surface area contributed by atoms with Crippen molar-refractivity contribution in [3.8, 4) is 0 Å². The zero-order valence-electron chi connectivity index (χ0n) is 14.7. The molecule has 0 atom stereocenters. The molecule has 1 aromatic rings. The summed E-state index contributed by atoms with van der Waals surface area (Å²) in [6.45, 7) is 6.33. The Kier molecular flexibility index (Phi) is 5.38. The van der Waals surface area contributed by atoms with Crippen LogP contribution in [0.5, 0.6) is 0 Å². The zero-order chi connectivity index (χ0) is 18.1. The summed E-state index contributed by atoms with van der Waals surface area (Å²) in [6, 6.07) is 3.97. The average molecular weight is 350 g/mol. The third-order valence-electron chi connectivity index (χ3n) is 3.82. The predicted octanol–water partition coefficient (Wildman–Crippen LogP) is 4.56. The molecule has 5 heteroatoms. The number of hydrogen-bond donors (Lipinski definition) is 1. The molecule has 0 saturated heterocycles. The Bertz CT molecular complexity index is 715. The molecule has 0 aliphatic heterocycles. The summed E-state index contributed by atoms with van der Waals surface area (Å²) in [6.07, 6.45) is 4.88. The zero-order valence-corrected chi connectivity index (χ0v) is 15.5. The van der Waals surface area contributed by atoms with Crippen LogP contribution in [0.1, 0.15) is 37.6 Å². The van der Waals surface area contributed by atoms with Crippen LogP contribution in [0.15, 0.2) is 41.2 Å². The topological polar surface area (TPSA) is 32.3 Å². The second-order valence-corrected chi connectivity index (χ2v) is 7.45. The van der Waals surface area contributed by atoms with Gasteiger partial charge in [0.25, 0.3) is 5.91 Å². The minimum Gasteiger partial charge on any atom is -0.380 e. The van der Waals surface area contributed by atoms with E-state index in [1.807, 2.05) is 20.2 Å². The van der Waals surface area contributed by atoms with E-state index in [-0.39, 0.29) is 16.3 Å². The molecule has 1 amide bonds. The van der Waals surface area contributed by atoms with Crippen LogP contribution in [0.4, 0.5) is 4.39 Å². The predicted molar refractivity (Wildman–Crippen MR) is 96.0 cm³/mol. The summed E-state index contributed by atoms with van der Waals surface area (Å²) in [7, 11) is 3.98. The van der Waals surface area contributed by atoms with Crippen molar-refractivity contribution in [1.82, 2.24) is 10.2 Å². The molecule has 0 bridgehead atoms. The Morgan fingerprint density at radius 2 is 1.96 bits per heavy atom. The van der Waals surface area contributed by atoms with Crippen LogP contribution in [0.25, 0.3) is 0 Å². The Morgan fingerprint density at radius 1 is 1.29 bits per heavy atom. The molecule has 1 radical (unpaired) electrons. The van der Waals surface area contributed by atoms with Gasteiger partial charge in [0.1, 0.15) is 5.82 Å². The molecule has 0 saturated carbocycles. The SMILES string of the molecule is CN(C)C1=C(C(C)(C)C)C(NC(=O)c2ccc(F)c(Cl)c2)=CC[CH]1. The quantitative estimate of drug-likeness (QED) is 0.867. The Labute approximate surface area is 148 Å². The Morgan fingerprint density at radius 3 is 2.50 bits per heavy atom. The summed E-state index contributed by atoms with van der Waals surface area (Å²) >= 11 is 5.78. The van der Waals surface area contributed by atoms with Gasteiger partial charge in [-0.05, 0) is 30.0 Å². The first-order chi connectivity index (χ1) is 11.1. The highest BCUT2D eigenvalue weighted by Gasteiger charge is 2.29. The third kappa shape index (κ3) is 3.99. The Balaban J connectivity index is 2.34. The maximum Gasteiger partial charge on any atom is 0.255 e. The fourth-order valence-electron chi connectivity index (χ4n) is 2.77. The smallest absolute Gasteiger partial charge is 0.255 e. The standard InChI is InChI=1S/C19H23ClFN2O/c1-19(2,3)17-15(7-6-8-16(17)23(4)5)22-18(24)12-9-10-14(21)13(20)11-12/h7-11H,6H2,1-5H3,(H,22,24). The monoisotopic (exact) mass is 349 g/mol. The molecule has 24 heavy (non-hydrogen) atoms. The van der Waals surface area contributed by atoms with Crippen molar-refractivity contribution >= 4 is 17.5 Å². The second-order valence-electron chi connectivity index (χ2n) is 7.05. The van der Waals surface area contributed by atoms with E-state index in [0.717, 1.165) is 23.4 Å². The molecular formula is C19H23ClFN2O. The highest BCUT2D eigenvalue weighted by Crippen LogP contribution is 2.37. The molecule has 0 unspecified atom stereocenters. The first-order valence-corrected chi connectivity index (χ1v) is 8.21. The van der Waals surface area contributed by atoms with Gasteiger partial charge in [-0.1, -0.05) is 38.4 Å². The fraction of sp³-hybridized carbons (Fsp3) is 0.368. The molecule has 0 heterocycles. The minimum absolute atomic E-state index is 0.0609. The molecule has 3 nitrogen and oxygen atoms in total. The minimum atomic E-state index is -0.537. The number of benzene rings is 1. The maximum absolute atomic E-state index is 13.3. The van der Waals surface area contributed by atoms with E-state index in [4.69, 9.17) is 11.6 Å². The lowest BCUT2D eigenvalue weighted by Gasteiger charge is -2.34. The highest BCUT2D eigenvalue weighted by molar-refractivity contribution is 6.31. The number of carbonyl (C=O) groups is 1. The summed E-state index contributed by atoms with van der Waals surface area (Å²) in [4.78, 5) is 14.6. The first kappa shape index (κ1) is 18.5. The third-order valence-corrected chi connectivity index (χ3v) is 4.11. The fourth-order valence-corrected chi connectivity index (χ4v) is 2.95. The summed E-state index contributed by atoms with van der Waals surface area (Å²) < 4.78 is 13.3. The van der Waals surface area contributed by atoms with Crippen LogP contribution >= 0.6 is 11.6 Å². The molecule has 0 aromatic heterocycles. The van der Waals surface area contributed by atoms with E-state index in [9.17, 15) is 9.18 Å². The van der Waals surface area contributed by atoms with E-state index in [1.165, 1.54) is 18.2 Å². The lowest BCUT2D eigenvalue weighted by Crippen LogP contribution is -2.32. The molecule has 129 valence electrons. The number of halogens is 2. The van der Waals surface area contributed by atoms with Crippen molar-refractivity contribution in [1.29, 1.82) is 0 Å². The number of carbonyl (C=O) groups excluding carboxylic acids is 1. The van der Waals surface area contributed by atoms with Gasteiger partial charge in [-0.3, -0.25) is 4.79 Å². The average Bonchev–Trinajstić information content (AvgIpc) is 2.48. The largest absolute Gasteiger partial charge is 0.380 e. The highest BCUT2D eigenvalue weighted by atomic mass is 35.5. The van der Waals surface area contributed by atoms with E-state index >= 15 is 0 Å². The Hall–Kier alpha value is -1.81. The van der Waals surface area contributed by atoms with Crippen molar-refractivity contribution in [3.05, 3.63) is 64.1 Å². The van der Waals surface area contributed by atoms with Gasteiger partial charge in [0.2, 0.25) is 0 Å². The second kappa shape index (κ2) is 6.98.